The van der Waals surface area contributed by atoms with Crippen LogP contribution < -0.4 is 5.32 Å². The van der Waals surface area contributed by atoms with E-state index in [9.17, 15) is 0 Å². The third kappa shape index (κ3) is 5.80. The maximum Gasteiger partial charge on any atom is 0.126 e. The molecule has 7 heteroatoms. The third-order valence-electron chi connectivity index (χ3n) is 6.96. The first-order chi connectivity index (χ1) is 17.3. The Hall–Kier alpha value is -3.55. The molecular weight excluding hydrogens is 446 g/mol. The van der Waals surface area contributed by atoms with E-state index in [0.717, 1.165) is 54.2 Å². The molecule has 36 heavy (non-hydrogen) atoms. The van der Waals surface area contributed by atoms with Crippen LogP contribution in [0.25, 0.3) is 28.0 Å². The molecule has 0 unspecified atom stereocenters. The number of nitrogens with zero attached hydrogens (tertiary/aromatic N) is 6. The van der Waals surface area contributed by atoms with Gasteiger partial charge in [-0.1, -0.05) is 24.8 Å². The van der Waals surface area contributed by atoms with Gasteiger partial charge in [-0.25, -0.2) is 4.98 Å². The second-order valence-electron chi connectivity index (χ2n) is 9.81. The number of rotatable bonds is 5. The van der Waals surface area contributed by atoms with E-state index in [2.05, 4.69) is 88.0 Å². The van der Waals surface area contributed by atoms with Gasteiger partial charge in [0.2, 0.25) is 0 Å². The van der Waals surface area contributed by atoms with Crippen LogP contribution in [0.2, 0.25) is 0 Å². The molecule has 0 atom stereocenters. The van der Waals surface area contributed by atoms with Gasteiger partial charge in [0.25, 0.3) is 0 Å². The van der Waals surface area contributed by atoms with Crippen molar-refractivity contribution in [3.05, 3.63) is 79.0 Å². The predicted molar refractivity (Wildman–Crippen MR) is 150 cm³/mol. The number of piperazine rings is 1. The molecule has 1 aliphatic heterocycles. The molecule has 1 aliphatic rings. The highest BCUT2D eigenvalue weighted by Crippen LogP contribution is 2.28. The van der Waals surface area contributed by atoms with E-state index in [1.165, 1.54) is 10.9 Å². The summed E-state index contributed by atoms with van der Waals surface area (Å²) >= 11 is 0. The van der Waals surface area contributed by atoms with Gasteiger partial charge in [-0.3, -0.25) is 14.6 Å². The lowest BCUT2D eigenvalue weighted by Gasteiger charge is -2.43. The Bertz CT molecular complexity index is 1320. The van der Waals surface area contributed by atoms with E-state index in [1.807, 2.05) is 55.7 Å². The molecule has 0 saturated carbocycles. The van der Waals surface area contributed by atoms with Gasteiger partial charge in [0.05, 0.1) is 17.4 Å². The molecule has 5 rings (SSSR count). The number of nitrogens with one attached hydrogen (secondary N) is 1. The minimum absolute atomic E-state index is 0.0136. The first kappa shape index (κ1) is 25.5. The van der Waals surface area contributed by atoms with Crippen molar-refractivity contribution in [2.24, 2.45) is 7.05 Å². The van der Waals surface area contributed by atoms with Crippen molar-refractivity contribution in [2.75, 3.05) is 45.6 Å². The lowest BCUT2D eigenvalue weighted by Crippen LogP contribution is -2.52. The van der Waals surface area contributed by atoms with Crippen molar-refractivity contribution in [1.82, 2.24) is 29.5 Å². The van der Waals surface area contributed by atoms with Gasteiger partial charge in [-0.15, -0.1) is 0 Å². The minimum atomic E-state index is -0.0136. The maximum absolute atomic E-state index is 4.55. The zero-order valence-electron chi connectivity index (χ0n) is 22.1. The summed E-state index contributed by atoms with van der Waals surface area (Å²) in [5, 5.41) is 9.57. The highest BCUT2D eigenvalue weighted by molar-refractivity contribution is 5.88. The first-order valence-electron chi connectivity index (χ1n) is 12.4. The van der Waals surface area contributed by atoms with Crippen LogP contribution in [0.4, 0.5) is 5.82 Å². The molecule has 4 aromatic rings. The predicted octanol–water partition coefficient (Wildman–Crippen LogP) is 4.88. The molecule has 0 aliphatic carbocycles. The molecule has 0 spiro atoms. The molecule has 1 aromatic carbocycles. The van der Waals surface area contributed by atoms with E-state index >= 15 is 0 Å². The van der Waals surface area contributed by atoms with Gasteiger partial charge in [0, 0.05) is 69.8 Å². The summed E-state index contributed by atoms with van der Waals surface area (Å²) in [6.07, 6.45) is 9.53. The number of anilines is 1. The van der Waals surface area contributed by atoms with Gasteiger partial charge in [0.1, 0.15) is 5.82 Å². The fourth-order valence-corrected chi connectivity index (χ4v) is 4.46. The average molecular weight is 484 g/mol. The van der Waals surface area contributed by atoms with Crippen LogP contribution in [0.3, 0.4) is 0 Å². The van der Waals surface area contributed by atoms with E-state index < -0.39 is 0 Å². The lowest BCUT2D eigenvalue weighted by molar-refractivity contribution is 0.0580. The fraction of sp³-hybridized carbons (Fsp3) is 0.345. The molecule has 0 bridgehead atoms. The summed E-state index contributed by atoms with van der Waals surface area (Å²) in [5.74, 6) is 0.880. The number of aryl methyl sites for hydroxylation is 1. The van der Waals surface area contributed by atoms with Crippen LogP contribution in [0.5, 0.6) is 0 Å². The number of likely N-dealkylation sites (N-methyl/N-ethyl adjacent to an activating group) is 1. The van der Waals surface area contributed by atoms with Crippen molar-refractivity contribution in [3.8, 4) is 11.1 Å². The number of pyridine rings is 2. The van der Waals surface area contributed by atoms with E-state index in [0.29, 0.717) is 0 Å². The molecule has 1 N–H and O–H groups in total. The van der Waals surface area contributed by atoms with Crippen LogP contribution in [-0.4, -0.2) is 69.8 Å². The molecule has 7 nitrogen and oxygen atoms in total. The Labute approximate surface area is 214 Å². The number of benzene rings is 1. The summed E-state index contributed by atoms with van der Waals surface area (Å²) in [6, 6.07) is 12.5. The van der Waals surface area contributed by atoms with Gasteiger partial charge >= 0.3 is 0 Å². The van der Waals surface area contributed by atoms with Crippen molar-refractivity contribution in [2.45, 2.75) is 19.4 Å². The molecule has 1 fully saturated rings. The zero-order chi connectivity index (χ0) is 25.7. The van der Waals surface area contributed by atoms with Gasteiger partial charge in [-0.2, -0.15) is 5.10 Å². The monoisotopic (exact) mass is 483 g/mol. The molecule has 188 valence electrons. The third-order valence-corrected chi connectivity index (χ3v) is 6.96. The Morgan fingerprint density at radius 1 is 0.917 bits per heavy atom. The Morgan fingerprint density at radius 2 is 1.69 bits per heavy atom. The number of hydrogen-bond donors (Lipinski definition) is 1. The number of aromatic nitrogens is 4. The molecule has 0 radical (unpaired) electrons. The highest BCUT2D eigenvalue weighted by Gasteiger charge is 2.31. The molecule has 4 heterocycles. The first-order valence-corrected chi connectivity index (χ1v) is 12.4. The second kappa shape index (κ2) is 11.0. The van der Waals surface area contributed by atoms with Crippen LogP contribution in [0.1, 0.15) is 25.1 Å². The van der Waals surface area contributed by atoms with Crippen molar-refractivity contribution < 1.29 is 0 Å². The van der Waals surface area contributed by atoms with E-state index in [4.69, 9.17) is 0 Å². The smallest absolute Gasteiger partial charge is 0.126 e. The highest BCUT2D eigenvalue weighted by atomic mass is 15.3. The Balaban J connectivity index is 0.000000169. The number of fused-ring (bicyclic) bond motifs is 1. The largest absolute Gasteiger partial charge is 0.373 e. The van der Waals surface area contributed by atoms with Crippen LogP contribution >= 0.6 is 0 Å². The summed E-state index contributed by atoms with van der Waals surface area (Å²) in [5.41, 5.74) is 4.55. The normalized spacial score (nSPS) is 14.8. The average Bonchev–Trinajstić information content (AvgIpc) is 3.35. The summed E-state index contributed by atoms with van der Waals surface area (Å²) in [6.45, 7) is 12.8. The molecular formula is C29H37N7. The quantitative estimate of drug-likeness (QED) is 0.436. The van der Waals surface area contributed by atoms with Crippen molar-refractivity contribution in [3.63, 3.8) is 0 Å². The summed E-state index contributed by atoms with van der Waals surface area (Å²) < 4.78 is 1.81. The van der Waals surface area contributed by atoms with Crippen LogP contribution in [0, 0.1) is 0 Å². The maximum atomic E-state index is 4.55. The topological polar surface area (TPSA) is 62.1 Å². The van der Waals surface area contributed by atoms with Gasteiger partial charge < -0.3 is 10.2 Å². The van der Waals surface area contributed by atoms with E-state index in [-0.39, 0.29) is 5.54 Å². The Morgan fingerprint density at radius 3 is 2.36 bits per heavy atom. The second-order valence-corrected chi connectivity index (χ2v) is 9.81. The lowest BCUT2D eigenvalue weighted by atomic mass is 9.95. The minimum Gasteiger partial charge on any atom is -0.373 e. The van der Waals surface area contributed by atoms with Gasteiger partial charge in [-0.05, 0) is 61.7 Å². The van der Waals surface area contributed by atoms with Gasteiger partial charge in [0.15, 0.2) is 0 Å². The van der Waals surface area contributed by atoms with E-state index in [1.54, 1.807) is 0 Å². The summed E-state index contributed by atoms with van der Waals surface area (Å²) in [4.78, 5) is 13.7. The summed E-state index contributed by atoms with van der Waals surface area (Å²) in [7, 11) is 5.98. The molecule has 0 amide bonds. The van der Waals surface area contributed by atoms with Crippen molar-refractivity contribution >= 4 is 22.7 Å². The standard InChI is InChI=1S/C15H23N3.C14H14N4/c1-5-13-6-7-16-14(12-13)15(2,3)18-10-8-17(4)9-11-18;1-15-14-6-12-5-10(3-4-11(12)7-16-14)13-8-17-18(2)9-13/h5-7,12H,1,8-11H2,2-4H3;3-9H,1-2H3,(H,15,16). The number of hydrogen-bond acceptors (Lipinski definition) is 6. The fourth-order valence-electron chi connectivity index (χ4n) is 4.46. The Kier molecular flexibility index (Phi) is 7.82. The van der Waals surface area contributed by atoms with Crippen LogP contribution in [-0.2, 0) is 12.6 Å². The molecule has 1 saturated heterocycles. The SMILES string of the molecule is C=Cc1ccnc(C(C)(C)N2CCN(C)CC2)c1.CNc1cc2cc(-c3cnn(C)c3)ccc2cn1. The zero-order valence-corrected chi connectivity index (χ0v) is 22.1. The molecule has 3 aromatic heterocycles. The van der Waals surface area contributed by atoms with Crippen LogP contribution in [0.15, 0.2) is 67.8 Å². The van der Waals surface area contributed by atoms with Crippen molar-refractivity contribution in [1.29, 1.82) is 0 Å².